The molecule has 0 amide bonds. The Kier molecular flexibility index (Phi) is 10.3. The van der Waals surface area contributed by atoms with Crippen LogP contribution in [0.1, 0.15) is 39.1 Å². The number of aromatic nitrogens is 6. The maximum Gasteiger partial charge on any atom is 0.509 e. The van der Waals surface area contributed by atoms with Crippen LogP contribution in [0.2, 0.25) is 0 Å². The molecule has 2 aliphatic heterocycles. The molecule has 2 aliphatic rings. The van der Waals surface area contributed by atoms with Crippen LogP contribution in [-0.2, 0) is 22.3 Å². The lowest BCUT2D eigenvalue weighted by atomic mass is 10.00. The first kappa shape index (κ1) is 40.2. The quantitative estimate of drug-likeness (QED) is 0.109. The first-order chi connectivity index (χ1) is 31.0. The lowest BCUT2D eigenvalue weighted by Crippen LogP contribution is -2.37. The fourth-order valence-corrected chi connectivity index (χ4v) is 7.96. The molecule has 4 aromatic carbocycles. The van der Waals surface area contributed by atoms with Crippen LogP contribution in [-0.4, -0.2) is 60.5 Å². The molecule has 0 spiro atoms. The van der Waals surface area contributed by atoms with Gasteiger partial charge in [0.25, 0.3) is 0 Å². The first-order valence-corrected chi connectivity index (χ1v) is 21.0. The average Bonchev–Trinajstić information content (AvgIpc) is 4.13. The van der Waals surface area contributed by atoms with Gasteiger partial charge in [0.15, 0.2) is 34.6 Å². The van der Waals surface area contributed by atoms with E-state index in [1.165, 1.54) is 0 Å². The number of carbonyl (C=O) groups excluding carboxylic acids is 1. The number of hydrogen-bond acceptors (Lipinski definition) is 11. The smallest absolute Gasteiger partial charge is 0.454 e. The van der Waals surface area contributed by atoms with Crippen molar-refractivity contribution in [3.63, 3.8) is 0 Å². The van der Waals surface area contributed by atoms with Gasteiger partial charge in [0.05, 0.1) is 22.8 Å². The summed E-state index contributed by atoms with van der Waals surface area (Å²) >= 11 is 0. The summed E-state index contributed by atoms with van der Waals surface area (Å²) in [5.41, 5.74) is 7.10. The van der Waals surface area contributed by atoms with Crippen LogP contribution in [0, 0.1) is 0 Å². The third-order valence-corrected chi connectivity index (χ3v) is 11.0. The van der Waals surface area contributed by atoms with Gasteiger partial charge in [-0.3, -0.25) is 0 Å². The number of carbonyl (C=O) groups is 1. The zero-order chi connectivity index (χ0) is 43.8. The maximum atomic E-state index is 13.7. The standard InChI is InChI=1S/C51H44N6O7/c1-50(2,29-39-27-41(54-56(39)47-9-5-7-23-52-47)35-15-11-33(12-16-35)37-19-21-43-45(25-37)61-31-59-43)63-49(58)64-51(3,4)30-40-28-42(55-57(40)48-10-6-8-24-53-48)36-17-13-34(14-18-36)38-20-22-44-46(26-38)62-32-60-44/h5-28H,29-32H2,1-4H3. The fourth-order valence-electron chi connectivity index (χ4n) is 7.96. The van der Waals surface area contributed by atoms with Crippen molar-refractivity contribution in [2.75, 3.05) is 13.6 Å². The molecule has 0 radical (unpaired) electrons. The van der Waals surface area contributed by atoms with Crippen molar-refractivity contribution in [1.29, 1.82) is 0 Å². The number of fused-ring (bicyclic) bond motifs is 2. The van der Waals surface area contributed by atoms with Crippen molar-refractivity contribution in [3.8, 4) is 79.4 Å². The van der Waals surface area contributed by atoms with Gasteiger partial charge in [0, 0.05) is 36.4 Å². The molecule has 13 nitrogen and oxygen atoms in total. The van der Waals surface area contributed by atoms with Crippen molar-refractivity contribution >= 4 is 6.16 Å². The predicted molar refractivity (Wildman–Crippen MR) is 240 cm³/mol. The van der Waals surface area contributed by atoms with Gasteiger partial charge >= 0.3 is 6.16 Å². The van der Waals surface area contributed by atoms with Crippen LogP contribution in [0.4, 0.5) is 4.79 Å². The molecule has 8 aromatic rings. The van der Waals surface area contributed by atoms with Crippen LogP contribution in [0.5, 0.6) is 23.0 Å². The first-order valence-electron chi connectivity index (χ1n) is 21.0. The van der Waals surface area contributed by atoms with Gasteiger partial charge in [-0.15, -0.1) is 0 Å². The summed E-state index contributed by atoms with van der Waals surface area (Å²) in [6.07, 6.45) is 3.31. The molecule has 0 N–H and O–H groups in total. The average molecular weight is 853 g/mol. The SMILES string of the molecule is CC(C)(Cc1cc(-c2ccc(-c3ccc4c(c3)OCO4)cc2)nn1-c1ccccn1)OC(=O)OC(C)(C)Cc1cc(-c2ccc(-c3ccc4c(c3)OCO4)cc2)nn1-c1ccccn1. The largest absolute Gasteiger partial charge is 0.509 e. The Bertz CT molecular complexity index is 2760. The third-order valence-electron chi connectivity index (χ3n) is 11.0. The number of rotatable bonds is 12. The molecule has 0 unspecified atom stereocenters. The normalized spacial score (nSPS) is 12.9. The van der Waals surface area contributed by atoms with Crippen molar-refractivity contribution in [3.05, 3.63) is 157 Å². The van der Waals surface area contributed by atoms with Gasteiger partial charge in [-0.25, -0.2) is 24.1 Å². The Morgan fingerprint density at radius 2 is 0.891 bits per heavy atom. The van der Waals surface area contributed by atoms with E-state index in [4.69, 9.17) is 38.6 Å². The Balaban J connectivity index is 0.848. The summed E-state index contributed by atoms with van der Waals surface area (Å²) < 4.78 is 37.9. The van der Waals surface area contributed by atoms with E-state index in [1.807, 2.05) is 137 Å². The lowest BCUT2D eigenvalue weighted by molar-refractivity contribution is -0.0589. The van der Waals surface area contributed by atoms with Gasteiger partial charge in [0.1, 0.15) is 11.2 Å². The van der Waals surface area contributed by atoms with E-state index < -0.39 is 17.4 Å². The minimum absolute atomic E-state index is 0.227. The highest BCUT2D eigenvalue weighted by Gasteiger charge is 2.33. The summed E-state index contributed by atoms with van der Waals surface area (Å²) in [7, 11) is 0. The van der Waals surface area contributed by atoms with E-state index in [-0.39, 0.29) is 13.6 Å². The number of hydrogen-bond donors (Lipinski definition) is 0. The summed E-state index contributed by atoms with van der Waals surface area (Å²) in [6, 6.07) is 43.6. The second-order valence-corrected chi connectivity index (χ2v) is 16.9. The van der Waals surface area contributed by atoms with E-state index in [0.717, 1.165) is 79.2 Å². The Hall–Kier alpha value is -7.93. The van der Waals surface area contributed by atoms with E-state index >= 15 is 0 Å². The zero-order valence-electron chi connectivity index (χ0n) is 35.7. The predicted octanol–water partition coefficient (Wildman–Crippen LogP) is 10.5. The van der Waals surface area contributed by atoms with Crippen LogP contribution < -0.4 is 18.9 Å². The number of benzene rings is 4. The molecule has 6 heterocycles. The molecule has 320 valence electrons. The molecule has 0 saturated heterocycles. The Morgan fingerprint density at radius 1 is 0.500 bits per heavy atom. The summed E-state index contributed by atoms with van der Waals surface area (Å²) in [5.74, 6) is 4.24. The molecule has 0 bridgehead atoms. The van der Waals surface area contributed by atoms with Crippen molar-refractivity contribution in [2.45, 2.75) is 51.7 Å². The molecular weight excluding hydrogens is 809 g/mol. The van der Waals surface area contributed by atoms with Crippen LogP contribution >= 0.6 is 0 Å². The molecule has 0 fully saturated rings. The van der Waals surface area contributed by atoms with E-state index in [9.17, 15) is 4.79 Å². The summed E-state index contributed by atoms with van der Waals surface area (Å²) in [5, 5.41) is 9.96. The minimum Gasteiger partial charge on any atom is -0.454 e. The van der Waals surface area contributed by atoms with Gasteiger partial charge in [-0.05, 0) is 111 Å². The number of pyridine rings is 2. The Morgan fingerprint density at radius 3 is 1.30 bits per heavy atom. The van der Waals surface area contributed by atoms with E-state index in [2.05, 4.69) is 34.2 Å². The summed E-state index contributed by atoms with van der Waals surface area (Å²) in [4.78, 5) is 22.9. The molecule has 4 aromatic heterocycles. The highest BCUT2D eigenvalue weighted by atomic mass is 16.7. The second kappa shape index (κ2) is 16.4. The van der Waals surface area contributed by atoms with Crippen molar-refractivity contribution in [2.24, 2.45) is 0 Å². The number of nitrogens with zero attached hydrogens (tertiary/aromatic N) is 6. The molecule has 10 rings (SSSR count). The monoisotopic (exact) mass is 852 g/mol. The zero-order valence-corrected chi connectivity index (χ0v) is 35.7. The molecule has 0 aliphatic carbocycles. The maximum absolute atomic E-state index is 13.7. The van der Waals surface area contributed by atoms with Crippen LogP contribution in [0.15, 0.2) is 146 Å². The minimum atomic E-state index is -0.990. The number of ether oxygens (including phenoxy) is 6. The molecule has 0 atom stereocenters. The summed E-state index contributed by atoms with van der Waals surface area (Å²) in [6.45, 7) is 7.89. The molecular formula is C51H44N6O7. The van der Waals surface area contributed by atoms with Gasteiger partial charge < -0.3 is 28.4 Å². The van der Waals surface area contributed by atoms with Crippen molar-refractivity contribution in [1.82, 2.24) is 29.5 Å². The van der Waals surface area contributed by atoms with Crippen LogP contribution in [0.3, 0.4) is 0 Å². The second-order valence-electron chi connectivity index (χ2n) is 16.9. The molecule has 64 heavy (non-hydrogen) atoms. The highest BCUT2D eigenvalue weighted by Crippen LogP contribution is 2.38. The van der Waals surface area contributed by atoms with Gasteiger partial charge in [0.2, 0.25) is 13.6 Å². The highest BCUT2D eigenvalue weighted by molar-refractivity contribution is 5.73. The fraction of sp³-hybridized carbons (Fsp3) is 0.196. The topological polar surface area (TPSA) is 134 Å². The van der Waals surface area contributed by atoms with E-state index in [1.54, 1.807) is 21.8 Å². The van der Waals surface area contributed by atoms with Gasteiger partial charge in [-0.1, -0.05) is 72.8 Å². The lowest BCUT2D eigenvalue weighted by Gasteiger charge is -2.29. The van der Waals surface area contributed by atoms with Gasteiger partial charge in [-0.2, -0.15) is 10.2 Å². The Labute approximate surface area is 369 Å². The molecule has 13 heteroatoms. The van der Waals surface area contributed by atoms with Crippen molar-refractivity contribution < 1.29 is 33.2 Å². The van der Waals surface area contributed by atoms with E-state index in [0.29, 0.717) is 24.5 Å². The van der Waals surface area contributed by atoms with Crippen LogP contribution in [0.25, 0.3) is 56.4 Å². The molecule has 0 saturated carbocycles. The third kappa shape index (κ3) is 8.47.